The highest BCUT2D eigenvalue weighted by Crippen LogP contribution is 2.44. The van der Waals surface area contributed by atoms with Crippen LogP contribution in [0, 0.1) is 0 Å². The Balaban J connectivity index is 2.29. The molecule has 0 aliphatic carbocycles. The van der Waals surface area contributed by atoms with Crippen molar-refractivity contribution in [2.45, 2.75) is 0 Å². The maximum absolute atomic E-state index is 12.4. The first-order valence-electron chi connectivity index (χ1n) is 4.66. The third kappa shape index (κ3) is 1.84. The molecule has 0 spiro atoms. The lowest BCUT2D eigenvalue weighted by Crippen LogP contribution is -2.32. The molecular formula is C10H14NOP. The van der Waals surface area contributed by atoms with Gasteiger partial charge in [-0.05, 0) is 0 Å². The number of benzene rings is 1. The molecule has 70 valence electrons. The van der Waals surface area contributed by atoms with E-state index in [4.69, 9.17) is 0 Å². The van der Waals surface area contributed by atoms with Crippen LogP contribution in [-0.4, -0.2) is 25.4 Å². The molecule has 1 saturated heterocycles. The average Bonchev–Trinajstić information content (AvgIpc) is 2.20. The van der Waals surface area contributed by atoms with Crippen LogP contribution in [0.3, 0.4) is 0 Å². The van der Waals surface area contributed by atoms with Gasteiger partial charge in [0.15, 0.2) is 0 Å². The van der Waals surface area contributed by atoms with Crippen molar-refractivity contribution in [3.8, 4) is 0 Å². The minimum Gasteiger partial charge on any atom is -0.319 e. The molecule has 0 atom stereocenters. The van der Waals surface area contributed by atoms with Gasteiger partial charge < -0.3 is 9.88 Å². The standard InChI is InChI=1S/C10H14NOP/c12-13(8-6-11-7-9-13)10-4-2-1-3-5-10/h1-5,11H,6-9H2. The van der Waals surface area contributed by atoms with Crippen molar-refractivity contribution >= 4 is 12.4 Å². The molecule has 1 aromatic carbocycles. The van der Waals surface area contributed by atoms with Crippen LogP contribution in [0.5, 0.6) is 0 Å². The minimum absolute atomic E-state index is 0.816. The molecular weight excluding hydrogens is 181 g/mol. The van der Waals surface area contributed by atoms with Crippen LogP contribution in [-0.2, 0) is 4.57 Å². The summed E-state index contributed by atoms with van der Waals surface area (Å²) in [5.41, 5.74) is 0. The highest BCUT2D eigenvalue weighted by molar-refractivity contribution is 7.71. The van der Waals surface area contributed by atoms with E-state index >= 15 is 0 Å². The van der Waals surface area contributed by atoms with Gasteiger partial charge in [0.25, 0.3) is 0 Å². The summed E-state index contributed by atoms with van der Waals surface area (Å²) < 4.78 is 12.4. The first-order chi connectivity index (χ1) is 6.31. The first kappa shape index (κ1) is 8.98. The molecule has 13 heavy (non-hydrogen) atoms. The van der Waals surface area contributed by atoms with Gasteiger partial charge in [0.1, 0.15) is 7.14 Å². The quantitative estimate of drug-likeness (QED) is 0.684. The highest BCUT2D eigenvalue weighted by atomic mass is 31.2. The third-order valence-electron chi connectivity index (χ3n) is 2.53. The van der Waals surface area contributed by atoms with Crippen molar-refractivity contribution in [3.05, 3.63) is 30.3 Å². The zero-order chi connectivity index (χ0) is 9.15. The van der Waals surface area contributed by atoms with Crippen molar-refractivity contribution in [1.82, 2.24) is 5.32 Å². The Labute approximate surface area is 78.7 Å². The van der Waals surface area contributed by atoms with Crippen LogP contribution in [0.4, 0.5) is 0 Å². The molecule has 1 aliphatic rings. The van der Waals surface area contributed by atoms with Crippen molar-refractivity contribution in [2.75, 3.05) is 25.4 Å². The number of hydrogen-bond acceptors (Lipinski definition) is 2. The Bertz CT molecular complexity index is 313. The normalized spacial score (nSPS) is 21.2. The van der Waals surface area contributed by atoms with Crippen LogP contribution in [0.15, 0.2) is 30.3 Å². The molecule has 2 rings (SSSR count). The molecule has 3 heteroatoms. The van der Waals surface area contributed by atoms with Crippen LogP contribution < -0.4 is 10.6 Å². The summed E-state index contributed by atoms with van der Waals surface area (Å²) in [4.78, 5) is 0. The summed E-state index contributed by atoms with van der Waals surface area (Å²) in [6.07, 6.45) is 1.63. The van der Waals surface area contributed by atoms with Gasteiger partial charge >= 0.3 is 0 Å². The third-order valence-corrected chi connectivity index (χ3v) is 5.66. The van der Waals surface area contributed by atoms with Gasteiger partial charge in [-0.3, -0.25) is 0 Å². The second kappa shape index (κ2) is 3.65. The van der Waals surface area contributed by atoms with Gasteiger partial charge in [-0.15, -0.1) is 0 Å². The summed E-state index contributed by atoms with van der Waals surface area (Å²) in [7, 11) is -2.03. The minimum atomic E-state index is -2.03. The number of hydrogen-bond donors (Lipinski definition) is 1. The fraction of sp³-hybridized carbons (Fsp3) is 0.400. The Hall–Kier alpha value is -0.590. The fourth-order valence-electron chi connectivity index (χ4n) is 1.71. The van der Waals surface area contributed by atoms with E-state index in [1.54, 1.807) is 0 Å². The molecule has 0 bridgehead atoms. The first-order valence-corrected chi connectivity index (χ1v) is 6.73. The van der Waals surface area contributed by atoms with Gasteiger partial charge in [0.05, 0.1) is 0 Å². The predicted octanol–water partition coefficient (Wildman–Crippen LogP) is 1.28. The summed E-state index contributed by atoms with van der Waals surface area (Å²) >= 11 is 0. The van der Waals surface area contributed by atoms with E-state index in [0.717, 1.165) is 30.7 Å². The largest absolute Gasteiger partial charge is 0.319 e. The van der Waals surface area contributed by atoms with E-state index in [1.165, 1.54) is 0 Å². The van der Waals surface area contributed by atoms with E-state index in [9.17, 15) is 4.57 Å². The lowest BCUT2D eigenvalue weighted by molar-refractivity contribution is 0.569. The van der Waals surface area contributed by atoms with Crippen molar-refractivity contribution in [2.24, 2.45) is 0 Å². The van der Waals surface area contributed by atoms with Crippen LogP contribution in [0.2, 0.25) is 0 Å². The van der Waals surface area contributed by atoms with Gasteiger partial charge in [-0.1, -0.05) is 30.3 Å². The fourth-order valence-corrected chi connectivity index (χ4v) is 4.21. The molecule has 2 nitrogen and oxygen atoms in total. The van der Waals surface area contributed by atoms with E-state index in [-0.39, 0.29) is 0 Å². The average molecular weight is 195 g/mol. The monoisotopic (exact) mass is 195 g/mol. The molecule has 0 unspecified atom stereocenters. The van der Waals surface area contributed by atoms with Crippen LogP contribution in [0.1, 0.15) is 0 Å². The van der Waals surface area contributed by atoms with Gasteiger partial charge in [0.2, 0.25) is 0 Å². The maximum atomic E-state index is 12.4. The molecule has 0 amide bonds. The van der Waals surface area contributed by atoms with Crippen molar-refractivity contribution < 1.29 is 4.57 Å². The van der Waals surface area contributed by atoms with Gasteiger partial charge in [-0.2, -0.15) is 0 Å². The van der Waals surface area contributed by atoms with E-state index < -0.39 is 7.14 Å². The molecule has 1 N–H and O–H groups in total. The van der Waals surface area contributed by atoms with Crippen LogP contribution in [0.25, 0.3) is 0 Å². The molecule has 1 aromatic rings. The number of nitrogens with one attached hydrogen (secondary N) is 1. The summed E-state index contributed by atoms with van der Waals surface area (Å²) in [5.74, 6) is 0. The molecule has 1 aliphatic heterocycles. The Morgan fingerprint density at radius 1 is 1.08 bits per heavy atom. The van der Waals surface area contributed by atoms with Gasteiger partial charge in [0, 0.05) is 30.7 Å². The second-order valence-electron chi connectivity index (χ2n) is 3.42. The maximum Gasteiger partial charge on any atom is 0.118 e. The topological polar surface area (TPSA) is 29.1 Å². The SMILES string of the molecule is O=P1(c2ccccc2)CCNCC1. The van der Waals surface area contributed by atoms with E-state index in [0.29, 0.717) is 0 Å². The zero-order valence-corrected chi connectivity index (χ0v) is 8.47. The smallest absolute Gasteiger partial charge is 0.118 e. The summed E-state index contributed by atoms with van der Waals surface area (Å²) in [6, 6.07) is 9.89. The number of rotatable bonds is 1. The predicted molar refractivity (Wildman–Crippen MR) is 56.3 cm³/mol. The summed E-state index contributed by atoms with van der Waals surface area (Å²) in [6.45, 7) is 1.79. The lowest BCUT2D eigenvalue weighted by atomic mass is 10.4. The second-order valence-corrected chi connectivity index (χ2v) is 6.61. The lowest BCUT2D eigenvalue weighted by Gasteiger charge is -2.23. The van der Waals surface area contributed by atoms with E-state index in [1.807, 2.05) is 30.3 Å². The Kier molecular flexibility index (Phi) is 2.52. The van der Waals surface area contributed by atoms with Gasteiger partial charge in [-0.25, -0.2) is 0 Å². The van der Waals surface area contributed by atoms with Crippen LogP contribution >= 0.6 is 7.14 Å². The van der Waals surface area contributed by atoms with E-state index in [2.05, 4.69) is 5.32 Å². The zero-order valence-electron chi connectivity index (χ0n) is 7.57. The highest BCUT2D eigenvalue weighted by Gasteiger charge is 2.26. The Morgan fingerprint density at radius 3 is 2.31 bits per heavy atom. The van der Waals surface area contributed by atoms with Crippen molar-refractivity contribution in [3.63, 3.8) is 0 Å². The molecule has 0 radical (unpaired) electrons. The molecule has 0 saturated carbocycles. The van der Waals surface area contributed by atoms with Crippen molar-refractivity contribution in [1.29, 1.82) is 0 Å². The summed E-state index contributed by atoms with van der Waals surface area (Å²) in [5, 5.41) is 4.29. The molecule has 1 fully saturated rings. The Morgan fingerprint density at radius 2 is 1.69 bits per heavy atom. The molecule has 1 heterocycles. The molecule has 0 aromatic heterocycles.